The summed E-state index contributed by atoms with van der Waals surface area (Å²) in [5.74, 6) is 0.642. The molecule has 0 saturated heterocycles. The molecule has 1 amide bonds. The largest absolute Gasteiger partial charge is 0.460 e. The number of H-pyrrole nitrogens is 1. The third kappa shape index (κ3) is 11.9. The predicted octanol–water partition coefficient (Wildman–Crippen LogP) is 6.35. The smallest absolute Gasteiger partial charge is 0.308 e. The van der Waals surface area contributed by atoms with Gasteiger partial charge < -0.3 is 20.1 Å². The summed E-state index contributed by atoms with van der Waals surface area (Å²) in [5, 5.41) is 13.6. The zero-order valence-corrected chi connectivity index (χ0v) is 25.6. The molecule has 1 fully saturated rings. The highest BCUT2D eigenvalue weighted by molar-refractivity contribution is 7.10. The number of esters is 1. The first-order chi connectivity index (χ1) is 17.7. The number of aromatic nitrogens is 1. The summed E-state index contributed by atoms with van der Waals surface area (Å²) >= 11 is 1.36. The van der Waals surface area contributed by atoms with Crippen molar-refractivity contribution in [2.75, 3.05) is 0 Å². The van der Waals surface area contributed by atoms with Gasteiger partial charge in [-0.05, 0) is 64.7 Å². The molecule has 2 aromatic rings. The second kappa shape index (κ2) is 15.8. The fraction of sp³-hybridized carbons (Fsp3) is 0.633. The van der Waals surface area contributed by atoms with Gasteiger partial charge in [0, 0.05) is 28.1 Å². The predicted molar refractivity (Wildman–Crippen MR) is 156 cm³/mol. The van der Waals surface area contributed by atoms with Gasteiger partial charge in [0.1, 0.15) is 5.60 Å². The van der Waals surface area contributed by atoms with Crippen LogP contribution < -0.4 is 10.9 Å². The molecule has 0 aromatic carbocycles. The number of aryl methyl sites for hydroxylation is 2. The van der Waals surface area contributed by atoms with Gasteiger partial charge in [-0.1, -0.05) is 52.9 Å². The third-order valence-corrected chi connectivity index (χ3v) is 7.29. The molecule has 0 aliphatic heterocycles. The van der Waals surface area contributed by atoms with Crippen LogP contribution in [-0.4, -0.2) is 27.6 Å². The van der Waals surface area contributed by atoms with Gasteiger partial charge >= 0.3 is 5.97 Å². The van der Waals surface area contributed by atoms with E-state index in [1.54, 1.807) is 12.3 Å². The van der Waals surface area contributed by atoms with Crippen molar-refractivity contribution < 1.29 is 19.4 Å². The number of aliphatic hydroxyl groups is 1. The number of thiophene rings is 1. The van der Waals surface area contributed by atoms with Crippen molar-refractivity contribution in [2.45, 2.75) is 113 Å². The second-order valence-electron chi connectivity index (χ2n) is 11.4. The number of ether oxygens (including phenoxy) is 1. The number of hydrogen-bond donors (Lipinski definition) is 3. The van der Waals surface area contributed by atoms with Crippen LogP contribution in [0.2, 0.25) is 0 Å². The lowest BCUT2D eigenvalue weighted by Gasteiger charge is -2.20. The number of rotatable bonds is 5. The van der Waals surface area contributed by atoms with Crippen molar-refractivity contribution in [2.24, 2.45) is 11.8 Å². The maximum absolute atomic E-state index is 12.2. The molecule has 2 aromatic heterocycles. The van der Waals surface area contributed by atoms with Gasteiger partial charge in [-0.2, -0.15) is 0 Å². The monoisotopic (exact) mass is 548 g/mol. The van der Waals surface area contributed by atoms with Crippen LogP contribution in [0.4, 0.5) is 0 Å². The van der Waals surface area contributed by atoms with Crippen molar-refractivity contribution in [1.29, 1.82) is 0 Å². The van der Waals surface area contributed by atoms with Gasteiger partial charge in [-0.3, -0.25) is 14.4 Å². The molecule has 1 aliphatic carbocycles. The molecule has 7 nitrogen and oxygen atoms in total. The van der Waals surface area contributed by atoms with Crippen molar-refractivity contribution in [1.82, 2.24) is 10.3 Å². The normalized spacial score (nSPS) is 13.7. The standard InChI is InChI=1S/C15H18N2O3S.C8H16O2.C7H14/c1-8-4-9(2)17-15(20)11(8)5-16-14(19)12-7-21-13(6-18)10(12)3;1-6(2)7(9)10-8(3,4)5;1-7-5-3-2-4-6-7/h4,7,18H,5-6H2,1-3H3,(H,16,19)(H,17,20);6H,1-5H3;7H,2-6H2,1H3. The topological polar surface area (TPSA) is 108 Å². The summed E-state index contributed by atoms with van der Waals surface area (Å²) in [6, 6.07) is 1.88. The van der Waals surface area contributed by atoms with Crippen molar-refractivity contribution in [3.05, 3.63) is 54.6 Å². The van der Waals surface area contributed by atoms with Crippen LogP contribution in [0.5, 0.6) is 0 Å². The summed E-state index contributed by atoms with van der Waals surface area (Å²) < 4.78 is 5.06. The number of aromatic amines is 1. The zero-order valence-electron chi connectivity index (χ0n) is 24.7. The molecule has 1 aliphatic rings. The molecule has 0 bridgehead atoms. The van der Waals surface area contributed by atoms with Crippen LogP contribution >= 0.6 is 11.3 Å². The maximum Gasteiger partial charge on any atom is 0.308 e. The maximum atomic E-state index is 12.2. The summed E-state index contributed by atoms with van der Waals surface area (Å²) in [6.07, 6.45) is 7.44. The van der Waals surface area contributed by atoms with Crippen LogP contribution in [0.3, 0.4) is 0 Å². The van der Waals surface area contributed by atoms with E-state index in [1.165, 1.54) is 43.4 Å². The van der Waals surface area contributed by atoms with E-state index >= 15 is 0 Å². The molecule has 214 valence electrons. The van der Waals surface area contributed by atoms with Gasteiger partial charge in [0.25, 0.3) is 11.5 Å². The lowest BCUT2D eigenvalue weighted by atomic mass is 9.91. The summed E-state index contributed by atoms with van der Waals surface area (Å²) in [4.78, 5) is 38.5. The average molecular weight is 549 g/mol. The number of nitrogens with one attached hydrogen (secondary N) is 2. The van der Waals surface area contributed by atoms with E-state index in [4.69, 9.17) is 9.84 Å². The molecule has 0 atom stereocenters. The first-order valence-corrected chi connectivity index (χ1v) is 14.4. The van der Waals surface area contributed by atoms with Crippen LogP contribution in [0.25, 0.3) is 0 Å². The van der Waals surface area contributed by atoms with E-state index in [9.17, 15) is 14.4 Å². The Morgan fingerprint density at radius 2 is 1.76 bits per heavy atom. The molecule has 0 spiro atoms. The van der Waals surface area contributed by atoms with Crippen LogP contribution in [0, 0.1) is 32.6 Å². The summed E-state index contributed by atoms with van der Waals surface area (Å²) in [7, 11) is 0. The number of carbonyl (C=O) groups is 2. The highest BCUT2D eigenvalue weighted by Gasteiger charge is 2.18. The third-order valence-electron chi connectivity index (χ3n) is 6.22. The fourth-order valence-electron chi connectivity index (χ4n) is 3.93. The minimum atomic E-state index is -0.346. The molecule has 2 heterocycles. The molecule has 0 unspecified atom stereocenters. The molecular formula is C30H48N2O5S. The number of pyridine rings is 1. The molecule has 38 heavy (non-hydrogen) atoms. The highest BCUT2D eigenvalue weighted by atomic mass is 32.1. The van der Waals surface area contributed by atoms with Crippen LogP contribution in [0.1, 0.15) is 111 Å². The molecule has 8 heteroatoms. The van der Waals surface area contributed by atoms with Crippen molar-refractivity contribution >= 4 is 23.2 Å². The van der Waals surface area contributed by atoms with Gasteiger partial charge in [0.15, 0.2) is 0 Å². The lowest BCUT2D eigenvalue weighted by molar-refractivity contribution is -0.158. The van der Waals surface area contributed by atoms with E-state index in [0.717, 1.165) is 27.6 Å². The Balaban J connectivity index is 0.000000350. The Labute approximate surface area is 232 Å². The fourth-order valence-corrected chi connectivity index (χ4v) is 4.83. The molecular weight excluding hydrogens is 500 g/mol. The summed E-state index contributed by atoms with van der Waals surface area (Å²) in [6.45, 7) is 17.2. The Kier molecular flexibility index (Phi) is 14.0. The zero-order chi connectivity index (χ0) is 29.0. The Bertz CT molecular complexity index is 1090. The number of aliphatic hydroxyl groups excluding tert-OH is 1. The van der Waals surface area contributed by atoms with Gasteiger partial charge in [-0.15, -0.1) is 11.3 Å². The van der Waals surface area contributed by atoms with E-state index < -0.39 is 0 Å². The minimum Gasteiger partial charge on any atom is -0.460 e. The van der Waals surface area contributed by atoms with E-state index in [1.807, 2.05) is 54.5 Å². The lowest BCUT2D eigenvalue weighted by Crippen LogP contribution is -2.28. The number of amides is 1. The van der Waals surface area contributed by atoms with E-state index in [-0.39, 0.29) is 42.1 Å². The first-order valence-electron chi connectivity index (χ1n) is 13.5. The molecule has 3 rings (SSSR count). The number of carbonyl (C=O) groups excluding carboxylic acids is 2. The second-order valence-corrected chi connectivity index (χ2v) is 12.4. The SMILES string of the molecule is CC(C)C(=O)OC(C)(C)C.CC1CCCCC1.Cc1cc(C)c(CNC(=O)c2csc(CO)c2C)c(=O)[nH]1. The average Bonchev–Trinajstić information content (AvgIpc) is 3.19. The van der Waals surface area contributed by atoms with Crippen molar-refractivity contribution in [3.63, 3.8) is 0 Å². The van der Waals surface area contributed by atoms with Crippen LogP contribution in [-0.2, 0) is 22.7 Å². The first kappa shape index (κ1) is 33.6. The highest BCUT2D eigenvalue weighted by Crippen LogP contribution is 2.22. The van der Waals surface area contributed by atoms with Gasteiger partial charge in [0.05, 0.1) is 18.1 Å². The Hall–Kier alpha value is -2.45. The molecule has 3 N–H and O–H groups in total. The van der Waals surface area contributed by atoms with E-state index in [0.29, 0.717) is 11.1 Å². The van der Waals surface area contributed by atoms with Crippen LogP contribution in [0.15, 0.2) is 16.2 Å². The minimum absolute atomic E-state index is 0.0285. The number of hydrogen-bond acceptors (Lipinski definition) is 6. The Morgan fingerprint density at radius 1 is 1.16 bits per heavy atom. The van der Waals surface area contributed by atoms with E-state index in [2.05, 4.69) is 17.2 Å². The van der Waals surface area contributed by atoms with Gasteiger partial charge in [0.2, 0.25) is 0 Å². The van der Waals surface area contributed by atoms with Gasteiger partial charge in [-0.25, -0.2) is 0 Å². The Morgan fingerprint density at radius 3 is 2.16 bits per heavy atom. The quantitative estimate of drug-likeness (QED) is 0.377. The van der Waals surface area contributed by atoms with Crippen molar-refractivity contribution in [3.8, 4) is 0 Å². The molecule has 0 radical (unpaired) electrons. The summed E-state index contributed by atoms with van der Waals surface area (Å²) in [5.41, 5.74) is 3.03. The molecule has 1 saturated carbocycles.